The normalized spacial score (nSPS) is 14.5. The van der Waals surface area contributed by atoms with Gasteiger partial charge in [0.25, 0.3) is 0 Å². The Labute approximate surface area is 354 Å². The summed E-state index contributed by atoms with van der Waals surface area (Å²) in [6.07, 6.45) is 0. The summed E-state index contributed by atoms with van der Waals surface area (Å²) in [5, 5.41) is 6.79. The van der Waals surface area contributed by atoms with E-state index in [1.807, 2.05) is 6.07 Å². The summed E-state index contributed by atoms with van der Waals surface area (Å²) >= 11 is 0. The van der Waals surface area contributed by atoms with Crippen LogP contribution in [-0.4, -0.2) is 0 Å². The van der Waals surface area contributed by atoms with E-state index in [1.54, 1.807) is 0 Å². The van der Waals surface area contributed by atoms with Crippen LogP contribution in [0, 0.1) is 0 Å². The van der Waals surface area contributed by atoms with Crippen molar-refractivity contribution in [1.29, 1.82) is 0 Å². The maximum absolute atomic E-state index is 7.26. The third kappa shape index (κ3) is 4.64. The Balaban J connectivity index is 1.07. The van der Waals surface area contributed by atoms with Gasteiger partial charge in [0, 0.05) is 43.7 Å². The van der Waals surface area contributed by atoms with Crippen molar-refractivity contribution in [2.24, 2.45) is 0 Å². The number of benzene rings is 9. The number of hydrogen-bond acceptors (Lipinski definition) is 3. The second-order valence-corrected chi connectivity index (χ2v) is 18.0. The Kier molecular flexibility index (Phi) is 6.85. The lowest BCUT2D eigenvalue weighted by Crippen LogP contribution is -2.18. The summed E-state index contributed by atoms with van der Waals surface area (Å²) in [5.41, 5.74) is 19.3. The number of rotatable bonds is 4. The van der Waals surface area contributed by atoms with Gasteiger partial charge in [-0.05, 0) is 115 Å². The fourth-order valence-corrected chi connectivity index (χ4v) is 11.1. The van der Waals surface area contributed by atoms with Gasteiger partial charge in [0.1, 0.15) is 16.7 Å². The minimum Gasteiger partial charge on any atom is -0.456 e. The summed E-state index contributed by atoms with van der Waals surface area (Å²) in [6, 6.07) is 64.3. The fourth-order valence-electron chi connectivity index (χ4n) is 11.1. The van der Waals surface area contributed by atoms with Crippen LogP contribution in [0.15, 0.2) is 185 Å². The van der Waals surface area contributed by atoms with Crippen molar-refractivity contribution in [3.8, 4) is 33.4 Å². The molecule has 3 nitrogen and oxygen atoms in total. The molecule has 0 unspecified atom stereocenters. The van der Waals surface area contributed by atoms with E-state index in [0.717, 1.165) is 77.5 Å². The SMILES string of the molecule is CC1(C)c2ccccc2-c2ccc(N(c3ccc4c(c3)C(C)(C)c3ccccc3-4)c3cccc4c3oc3cc(-c5cccc6oc7ccccc7c56)c5ccccc5c34)cc21. The highest BCUT2D eigenvalue weighted by atomic mass is 16.3. The first kappa shape index (κ1) is 34.5. The van der Waals surface area contributed by atoms with Crippen LogP contribution in [0.2, 0.25) is 0 Å². The Bertz CT molecular complexity index is 3560. The molecular formula is C58H41NO2. The molecule has 0 radical (unpaired) electrons. The van der Waals surface area contributed by atoms with E-state index in [4.69, 9.17) is 8.83 Å². The molecule has 61 heavy (non-hydrogen) atoms. The highest BCUT2D eigenvalue weighted by molar-refractivity contribution is 6.25. The van der Waals surface area contributed by atoms with Gasteiger partial charge >= 0.3 is 0 Å². The number of anilines is 3. The first-order valence-corrected chi connectivity index (χ1v) is 21.3. The van der Waals surface area contributed by atoms with Crippen molar-refractivity contribution >= 4 is 71.7 Å². The largest absolute Gasteiger partial charge is 0.456 e. The molecule has 0 amide bonds. The minimum atomic E-state index is -0.154. The van der Waals surface area contributed by atoms with Crippen molar-refractivity contribution in [2.45, 2.75) is 38.5 Å². The Morgan fingerprint density at radius 2 is 0.869 bits per heavy atom. The molecule has 11 aromatic rings. The average molecular weight is 784 g/mol. The number of hydrogen-bond donors (Lipinski definition) is 0. The molecular weight excluding hydrogens is 743 g/mol. The molecule has 2 aliphatic rings. The Hall–Kier alpha value is -7.36. The van der Waals surface area contributed by atoms with Crippen LogP contribution in [0.25, 0.3) is 88.0 Å². The zero-order chi connectivity index (χ0) is 40.8. The van der Waals surface area contributed by atoms with Crippen molar-refractivity contribution in [3.63, 3.8) is 0 Å². The zero-order valence-electron chi connectivity index (χ0n) is 34.5. The molecule has 0 saturated carbocycles. The highest BCUT2D eigenvalue weighted by Gasteiger charge is 2.38. The lowest BCUT2D eigenvalue weighted by Gasteiger charge is -2.29. The quantitative estimate of drug-likeness (QED) is 0.178. The number of fused-ring (bicyclic) bond motifs is 14. The van der Waals surface area contributed by atoms with Gasteiger partial charge in [0.2, 0.25) is 0 Å². The highest BCUT2D eigenvalue weighted by Crippen LogP contribution is 2.54. The molecule has 0 N–H and O–H groups in total. The van der Waals surface area contributed by atoms with E-state index in [2.05, 4.69) is 202 Å². The first-order valence-electron chi connectivity index (χ1n) is 21.3. The van der Waals surface area contributed by atoms with Gasteiger partial charge in [-0.15, -0.1) is 0 Å². The monoisotopic (exact) mass is 783 g/mol. The fraction of sp³-hybridized carbons (Fsp3) is 0.103. The van der Waals surface area contributed by atoms with Gasteiger partial charge in [0.15, 0.2) is 5.58 Å². The first-order chi connectivity index (χ1) is 29.8. The second-order valence-electron chi connectivity index (χ2n) is 18.0. The zero-order valence-corrected chi connectivity index (χ0v) is 34.5. The predicted octanol–water partition coefficient (Wildman–Crippen LogP) is 16.4. The van der Waals surface area contributed by atoms with Gasteiger partial charge < -0.3 is 13.7 Å². The Morgan fingerprint density at radius 1 is 0.344 bits per heavy atom. The van der Waals surface area contributed by atoms with Crippen LogP contribution in [-0.2, 0) is 10.8 Å². The minimum absolute atomic E-state index is 0.154. The smallest absolute Gasteiger partial charge is 0.159 e. The number of para-hydroxylation sites is 2. The molecule has 290 valence electrons. The number of furan rings is 2. The lowest BCUT2D eigenvalue weighted by molar-refractivity contribution is 0.659. The molecule has 3 heteroatoms. The summed E-state index contributed by atoms with van der Waals surface area (Å²) in [4.78, 5) is 2.44. The Morgan fingerprint density at radius 3 is 1.56 bits per heavy atom. The van der Waals surface area contributed by atoms with E-state index in [-0.39, 0.29) is 10.8 Å². The van der Waals surface area contributed by atoms with Gasteiger partial charge in [-0.1, -0.05) is 155 Å². The topological polar surface area (TPSA) is 29.5 Å². The predicted molar refractivity (Wildman–Crippen MR) is 254 cm³/mol. The van der Waals surface area contributed by atoms with E-state index < -0.39 is 0 Å². The third-order valence-electron chi connectivity index (χ3n) is 14.1. The summed E-state index contributed by atoms with van der Waals surface area (Å²) in [6.45, 7) is 9.43. The van der Waals surface area contributed by atoms with Crippen LogP contribution in [0.5, 0.6) is 0 Å². The lowest BCUT2D eigenvalue weighted by atomic mass is 9.82. The van der Waals surface area contributed by atoms with Crippen molar-refractivity contribution in [3.05, 3.63) is 198 Å². The van der Waals surface area contributed by atoms with Gasteiger partial charge in [-0.25, -0.2) is 0 Å². The molecule has 2 heterocycles. The van der Waals surface area contributed by atoms with Crippen molar-refractivity contribution < 1.29 is 8.83 Å². The van der Waals surface area contributed by atoms with E-state index in [0.29, 0.717) is 0 Å². The van der Waals surface area contributed by atoms with E-state index in [1.165, 1.54) is 49.9 Å². The molecule has 0 spiro atoms. The van der Waals surface area contributed by atoms with Gasteiger partial charge in [-0.2, -0.15) is 0 Å². The van der Waals surface area contributed by atoms with Crippen LogP contribution in [0.4, 0.5) is 17.1 Å². The second kappa shape index (κ2) is 12.1. The standard InChI is InChI=1S/C58H41NO2/c1-57(2)46-22-10-7-16-37(46)39-29-27-34(31-48(39)57)59(35-28-30-40-38-17-8-11-23-47(38)58(3,4)49(40)32-35)50-24-13-21-44-55-41-18-6-5-15-36(41)45(33-53(55)61-56(44)50)42-20-14-26-52-54(42)43-19-9-12-25-51(43)60-52/h5-33H,1-4H3. The van der Waals surface area contributed by atoms with Gasteiger partial charge in [0.05, 0.1) is 5.69 Å². The molecule has 0 saturated heterocycles. The molecule has 0 atom stereocenters. The van der Waals surface area contributed by atoms with Crippen LogP contribution in [0.1, 0.15) is 49.9 Å². The van der Waals surface area contributed by atoms with Gasteiger partial charge in [-0.3, -0.25) is 0 Å². The molecule has 0 fully saturated rings. The maximum Gasteiger partial charge on any atom is 0.159 e. The molecule has 0 aliphatic heterocycles. The number of nitrogens with zero attached hydrogens (tertiary/aromatic N) is 1. The van der Waals surface area contributed by atoms with Crippen LogP contribution >= 0.6 is 0 Å². The third-order valence-corrected chi connectivity index (χ3v) is 14.1. The van der Waals surface area contributed by atoms with Crippen molar-refractivity contribution in [1.82, 2.24) is 0 Å². The summed E-state index contributed by atoms with van der Waals surface area (Å²) in [7, 11) is 0. The van der Waals surface area contributed by atoms with Crippen LogP contribution in [0.3, 0.4) is 0 Å². The molecule has 9 aromatic carbocycles. The maximum atomic E-state index is 7.26. The van der Waals surface area contributed by atoms with Crippen LogP contribution < -0.4 is 4.90 Å². The summed E-state index contributed by atoms with van der Waals surface area (Å²) < 4.78 is 13.6. The summed E-state index contributed by atoms with van der Waals surface area (Å²) in [5.74, 6) is 0. The molecule has 0 bridgehead atoms. The van der Waals surface area contributed by atoms with E-state index >= 15 is 0 Å². The van der Waals surface area contributed by atoms with Crippen molar-refractivity contribution in [2.75, 3.05) is 4.90 Å². The molecule has 13 rings (SSSR count). The average Bonchev–Trinajstić information content (AvgIpc) is 3.99. The molecule has 2 aromatic heterocycles. The van der Waals surface area contributed by atoms with E-state index in [9.17, 15) is 0 Å². The molecule has 2 aliphatic carbocycles.